The van der Waals surface area contributed by atoms with Crippen LogP contribution in [0.5, 0.6) is 0 Å². The minimum absolute atomic E-state index is 0.135. The van der Waals surface area contributed by atoms with E-state index in [2.05, 4.69) is 5.32 Å². The third kappa shape index (κ3) is 5.85. The Morgan fingerprint density at radius 3 is 2.65 bits per heavy atom. The summed E-state index contributed by atoms with van der Waals surface area (Å²) in [5.41, 5.74) is 5.80. The molecule has 1 aromatic carbocycles. The molecule has 6 nitrogen and oxygen atoms in total. The predicted molar refractivity (Wildman–Crippen MR) is 76.0 cm³/mol. The molecular formula is C13H16N2O4S. The molecule has 108 valence electrons. The van der Waals surface area contributed by atoms with E-state index in [1.54, 1.807) is 24.3 Å². The van der Waals surface area contributed by atoms with Crippen molar-refractivity contribution in [3.63, 3.8) is 0 Å². The van der Waals surface area contributed by atoms with E-state index in [0.717, 1.165) is 11.8 Å². The third-order valence-corrected chi connectivity index (χ3v) is 3.26. The van der Waals surface area contributed by atoms with Crippen molar-refractivity contribution in [1.82, 2.24) is 5.32 Å². The van der Waals surface area contributed by atoms with Crippen molar-refractivity contribution >= 4 is 29.3 Å². The molecule has 0 unspecified atom stereocenters. The van der Waals surface area contributed by atoms with Gasteiger partial charge in [0.15, 0.2) is 6.23 Å². The summed E-state index contributed by atoms with van der Waals surface area (Å²) in [5, 5.41) is 2.33. The molecule has 1 aromatic rings. The average molecular weight is 296 g/mol. The van der Waals surface area contributed by atoms with Gasteiger partial charge in [-0.2, -0.15) is 0 Å². The van der Waals surface area contributed by atoms with Crippen LogP contribution in [0.25, 0.3) is 0 Å². The maximum atomic E-state index is 11.9. The van der Waals surface area contributed by atoms with Gasteiger partial charge in [-0.25, -0.2) is 0 Å². The molecule has 0 radical (unpaired) electrons. The van der Waals surface area contributed by atoms with E-state index in [9.17, 15) is 14.4 Å². The molecule has 20 heavy (non-hydrogen) atoms. The van der Waals surface area contributed by atoms with Gasteiger partial charge in [-0.15, -0.1) is 0 Å². The van der Waals surface area contributed by atoms with Crippen molar-refractivity contribution in [1.29, 1.82) is 0 Å². The topological polar surface area (TPSA) is 98.5 Å². The van der Waals surface area contributed by atoms with Gasteiger partial charge < -0.3 is 15.8 Å². The Morgan fingerprint density at radius 2 is 2.05 bits per heavy atom. The van der Waals surface area contributed by atoms with E-state index in [1.807, 2.05) is 6.07 Å². The fourth-order valence-corrected chi connectivity index (χ4v) is 2.14. The smallest absolute Gasteiger partial charge is 0.295 e. The normalized spacial score (nSPS) is 11.4. The predicted octanol–water partition coefficient (Wildman–Crippen LogP) is 0.524. The van der Waals surface area contributed by atoms with Crippen LogP contribution in [0.2, 0.25) is 0 Å². The zero-order valence-corrected chi connectivity index (χ0v) is 11.6. The molecule has 0 aliphatic heterocycles. The van der Waals surface area contributed by atoms with Crippen molar-refractivity contribution in [2.75, 3.05) is 12.3 Å². The highest BCUT2D eigenvalue weighted by molar-refractivity contribution is 8.14. The standard InChI is InChI=1S/C13H16N2O4S/c14-7-6-11(17)15-12(19-9-16)8-20-13(18)10-4-2-1-3-5-10/h1-5,9,12H,6-8,14H2,(H,15,17)/t12-/m1/s1. The van der Waals surface area contributed by atoms with Crippen LogP contribution in [-0.2, 0) is 14.3 Å². The number of hydrogen-bond donors (Lipinski definition) is 2. The monoisotopic (exact) mass is 296 g/mol. The van der Waals surface area contributed by atoms with E-state index in [4.69, 9.17) is 10.5 Å². The fraction of sp³-hybridized carbons (Fsp3) is 0.308. The number of hydrogen-bond acceptors (Lipinski definition) is 6. The maximum Gasteiger partial charge on any atom is 0.295 e. The Bertz CT molecular complexity index is 453. The molecule has 0 fully saturated rings. The molecule has 1 amide bonds. The zero-order chi connectivity index (χ0) is 14.8. The SMILES string of the molecule is NCCC(=O)N[C@@H](CSC(=O)c1ccccc1)OC=O. The number of nitrogens with two attached hydrogens (primary N) is 1. The van der Waals surface area contributed by atoms with Gasteiger partial charge in [0.1, 0.15) is 0 Å². The highest BCUT2D eigenvalue weighted by Gasteiger charge is 2.15. The lowest BCUT2D eigenvalue weighted by atomic mass is 10.2. The third-order valence-electron chi connectivity index (χ3n) is 2.29. The second-order valence-corrected chi connectivity index (χ2v) is 4.78. The number of ether oxygens (including phenoxy) is 1. The molecule has 0 aliphatic rings. The summed E-state index contributed by atoms with van der Waals surface area (Å²) < 4.78 is 4.72. The molecule has 0 bridgehead atoms. The molecule has 0 saturated heterocycles. The first kappa shape index (κ1) is 16.2. The Kier molecular flexibility index (Phi) is 7.38. The Hall–Kier alpha value is -1.86. The van der Waals surface area contributed by atoms with E-state index in [1.165, 1.54) is 0 Å². The molecule has 0 aliphatic carbocycles. The first-order valence-corrected chi connectivity index (χ1v) is 6.96. The van der Waals surface area contributed by atoms with E-state index >= 15 is 0 Å². The second-order valence-electron chi connectivity index (χ2n) is 3.79. The van der Waals surface area contributed by atoms with Gasteiger partial charge in [-0.3, -0.25) is 14.4 Å². The number of carbonyl (C=O) groups excluding carboxylic acids is 3. The van der Waals surface area contributed by atoms with Crippen LogP contribution in [0.1, 0.15) is 16.8 Å². The summed E-state index contributed by atoms with van der Waals surface area (Å²) in [6.07, 6.45) is -0.708. The van der Waals surface area contributed by atoms with Gasteiger partial charge >= 0.3 is 0 Å². The van der Waals surface area contributed by atoms with Crippen molar-refractivity contribution in [2.24, 2.45) is 5.73 Å². The van der Waals surface area contributed by atoms with Gasteiger partial charge in [0, 0.05) is 18.5 Å². The van der Waals surface area contributed by atoms with Crippen molar-refractivity contribution in [3.05, 3.63) is 35.9 Å². The Labute approximate surface area is 121 Å². The number of rotatable bonds is 8. The number of nitrogens with one attached hydrogen (secondary N) is 1. The van der Waals surface area contributed by atoms with Crippen LogP contribution in [0.15, 0.2) is 30.3 Å². The zero-order valence-electron chi connectivity index (χ0n) is 10.8. The van der Waals surface area contributed by atoms with Gasteiger partial charge in [-0.05, 0) is 0 Å². The lowest BCUT2D eigenvalue weighted by Gasteiger charge is -2.15. The van der Waals surface area contributed by atoms with Gasteiger partial charge in [0.05, 0.1) is 5.75 Å². The fourth-order valence-electron chi connectivity index (χ4n) is 1.37. The summed E-state index contributed by atoms with van der Waals surface area (Å²) in [6, 6.07) is 8.72. The van der Waals surface area contributed by atoms with Crippen LogP contribution in [0.3, 0.4) is 0 Å². The maximum absolute atomic E-state index is 11.9. The van der Waals surface area contributed by atoms with E-state index in [0.29, 0.717) is 5.56 Å². The molecular weight excluding hydrogens is 280 g/mol. The summed E-state index contributed by atoms with van der Waals surface area (Å²) in [4.78, 5) is 33.6. The Balaban J connectivity index is 2.48. The molecule has 0 aromatic heterocycles. The largest absolute Gasteiger partial charge is 0.443 e. The molecule has 0 saturated carbocycles. The van der Waals surface area contributed by atoms with Crippen LogP contribution in [0, 0.1) is 0 Å². The quantitative estimate of drug-likeness (QED) is 0.536. The first-order valence-electron chi connectivity index (χ1n) is 5.98. The number of thioether (sulfide) groups is 1. The molecule has 3 N–H and O–H groups in total. The summed E-state index contributed by atoms with van der Waals surface area (Å²) in [7, 11) is 0. The highest BCUT2D eigenvalue weighted by atomic mass is 32.2. The van der Waals surface area contributed by atoms with Gasteiger partial charge in [-0.1, -0.05) is 42.1 Å². The van der Waals surface area contributed by atoms with Crippen molar-refractivity contribution in [2.45, 2.75) is 12.6 Å². The highest BCUT2D eigenvalue weighted by Crippen LogP contribution is 2.13. The van der Waals surface area contributed by atoms with E-state index in [-0.39, 0.29) is 36.2 Å². The number of amides is 1. The lowest BCUT2D eigenvalue weighted by Crippen LogP contribution is -2.39. The first-order chi connectivity index (χ1) is 9.67. The minimum atomic E-state index is -0.843. The molecule has 7 heteroatoms. The molecule has 1 rings (SSSR count). The van der Waals surface area contributed by atoms with Crippen LogP contribution >= 0.6 is 11.8 Å². The summed E-state index contributed by atoms with van der Waals surface area (Å²) >= 11 is 0.969. The second kappa shape index (κ2) is 9.11. The van der Waals surface area contributed by atoms with Crippen LogP contribution < -0.4 is 11.1 Å². The number of carbonyl (C=O) groups is 3. The molecule has 0 spiro atoms. The van der Waals surface area contributed by atoms with Crippen LogP contribution in [0.4, 0.5) is 0 Å². The number of benzene rings is 1. The average Bonchev–Trinajstić information content (AvgIpc) is 2.46. The lowest BCUT2D eigenvalue weighted by molar-refractivity contribution is -0.137. The summed E-state index contributed by atoms with van der Waals surface area (Å²) in [5.74, 6) is -0.185. The Morgan fingerprint density at radius 1 is 1.35 bits per heavy atom. The van der Waals surface area contributed by atoms with E-state index < -0.39 is 6.23 Å². The van der Waals surface area contributed by atoms with Gasteiger partial charge in [0.2, 0.25) is 11.0 Å². The van der Waals surface area contributed by atoms with Gasteiger partial charge in [0.25, 0.3) is 6.47 Å². The molecule has 0 heterocycles. The molecule has 1 atom stereocenters. The van der Waals surface area contributed by atoms with Crippen LogP contribution in [-0.4, -0.2) is 36.0 Å². The van der Waals surface area contributed by atoms with Crippen molar-refractivity contribution < 1.29 is 19.1 Å². The minimum Gasteiger partial charge on any atom is -0.443 e. The van der Waals surface area contributed by atoms with Crippen molar-refractivity contribution in [3.8, 4) is 0 Å². The summed E-state index contributed by atoms with van der Waals surface area (Å²) in [6.45, 7) is 0.441.